The number of benzene rings is 1. The van der Waals surface area contributed by atoms with E-state index >= 15 is 0 Å². The molecule has 1 rings (SSSR count). The van der Waals surface area contributed by atoms with Gasteiger partial charge in [-0.25, -0.2) is 0 Å². The van der Waals surface area contributed by atoms with E-state index in [-0.39, 0.29) is 11.8 Å². The Bertz CT molecular complexity index is 448. The van der Waals surface area contributed by atoms with E-state index in [1.54, 1.807) is 6.92 Å². The zero-order valence-corrected chi connectivity index (χ0v) is 13.1. The summed E-state index contributed by atoms with van der Waals surface area (Å²) in [6.07, 6.45) is 0.862. The van der Waals surface area contributed by atoms with Gasteiger partial charge >= 0.3 is 0 Å². The molecule has 0 spiro atoms. The van der Waals surface area contributed by atoms with Gasteiger partial charge in [-0.3, -0.25) is 9.59 Å². The van der Waals surface area contributed by atoms with Crippen molar-refractivity contribution >= 4 is 17.5 Å². The van der Waals surface area contributed by atoms with Gasteiger partial charge in [-0.15, -0.1) is 0 Å². The predicted octanol–water partition coefficient (Wildman–Crippen LogP) is 1.54. The van der Waals surface area contributed by atoms with Gasteiger partial charge in [0, 0.05) is 32.2 Å². The van der Waals surface area contributed by atoms with Gasteiger partial charge in [0.15, 0.2) is 0 Å². The maximum Gasteiger partial charge on any atom is 0.242 e. The molecular weight excluding hydrogens is 266 g/mol. The normalized spacial score (nSPS) is 11.6. The monoisotopic (exact) mass is 291 g/mol. The molecule has 0 saturated carbocycles. The topological polar surface area (TPSA) is 61.4 Å². The van der Waals surface area contributed by atoms with Crippen molar-refractivity contribution in [2.24, 2.45) is 0 Å². The van der Waals surface area contributed by atoms with Crippen LogP contribution >= 0.6 is 0 Å². The molecule has 0 saturated heterocycles. The first-order valence-corrected chi connectivity index (χ1v) is 7.39. The van der Waals surface area contributed by atoms with E-state index in [2.05, 4.69) is 34.6 Å². The van der Waals surface area contributed by atoms with E-state index in [9.17, 15) is 9.59 Å². The molecule has 1 aromatic carbocycles. The second kappa shape index (κ2) is 9.00. The number of nitrogens with zero attached hydrogens (tertiary/aromatic N) is 1. The molecule has 2 amide bonds. The number of carbonyl (C=O) groups excluding carboxylic acids is 2. The van der Waals surface area contributed by atoms with Crippen LogP contribution in [0.3, 0.4) is 0 Å². The Kier molecular flexibility index (Phi) is 7.29. The Balaban J connectivity index is 2.29. The second-order valence-corrected chi connectivity index (χ2v) is 4.98. The molecule has 0 radical (unpaired) electrons. The Hall–Kier alpha value is -2.04. The van der Waals surface area contributed by atoms with Crippen molar-refractivity contribution in [2.75, 3.05) is 24.5 Å². The molecule has 0 fully saturated rings. The van der Waals surface area contributed by atoms with Crippen LogP contribution in [0, 0.1) is 0 Å². The molecule has 5 heteroatoms. The summed E-state index contributed by atoms with van der Waals surface area (Å²) >= 11 is 0. The van der Waals surface area contributed by atoms with E-state index in [4.69, 9.17) is 0 Å². The summed E-state index contributed by atoms with van der Waals surface area (Å²) in [4.78, 5) is 24.9. The first kappa shape index (κ1) is 17.0. The molecule has 1 unspecified atom stereocenters. The smallest absolute Gasteiger partial charge is 0.242 e. The number of amides is 2. The van der Waals surface area contributed by atoms with Gasteiger partial charge in [0.25, 0.3) is 0 Å². The lowest BCUT2D eigenvalue weighted by Crippen LogP contribution is -2.44. The number of nitrogens with one attached hydrogen (secondary N) is 2. The van der Waals surface area contributed by atoms with Crippen LogP contribution in [0.1, 0.15) is 27.2 Å². The summed E-state index contributed by atoms with van der Waals surface area (Å²) in [5.41, 5.74) is 1.19. The van der Waals surface area contributed by atoms with E-state index < -0.39 is 6.04 Å². The number of carbonyl (C=O) groups is 2. The highest BCUT2D eigenvalue weighted by molar-refractivity contribution is 5.86. The number of para-hydroxylation sites is 1. The summed E-state index contributed by atoms with van der Waals surface area (Å²) in [5, 5.41) is 5.41. The van der Waals surface area contributed by atoms with Gasteiger partial charge < -0.3 is 15.5 Å². The minimum atomic E-state index is -0.487. The van der Waals surface area contributed by atoms with E-state index in [1.165, 1.54) is 12.6 Å². The summed E-state index contributed by atoms with van der Waals surface area (Å²) in [7, 11) is 0. The molecule has 1 atom stereocenters. The highest BCUT2D eigenvalue weighted by Gasteiger charge is 2.12. The third kappa shape index (κ3) is 6.29. The van der Waals surface area contributed by atoms with Crippen LogP contribution < -0.4 is 15.5 Å². The molecule has 2 N–H and O–H groups in total. The number of hydrogen-bond donors (Lipinski definition) is 2. The van der Waals surface area contributed by atoms with Crippen LogP contribution in [0.25, 0.3) is 0 Å². The Morgan fingerprint density at radius 2 is 1.90 bits per heavy atom. The average Bonchev–Trinajstić information content (AvgIpc) is 2.47. The van der Waals surface area contributed by atoms with Gasteiger partial charge in [0.05, 0.1) is 0 Å². The maximum absolute atomic E-state index is 11.7. The van der Waals surface area contributed by atoms with E-state index in [0.717, 1.165) is 19.5 Å². The SMILES string of the molecule is CCN(CCCNC(=O)C(C)NC(C)=O)c1ccccc1. The fraction of sp³-hybridized carbons (Fsp3) is 0.500. The van der Waals surface area contributed by atoms with Crippen LogP contribution in [0.5, 0.6) is 0 Å². The first-order chi connectivity index (χ1) is 10.0. The molecule has 21 heavy (non-hydrogen) atoms. The van der Waals surface area contributed by atoms with Crippen LogP contribution in [0.15, 0.2) is 30.3 Å². The molecule has 0 heterocycles. The van der Waals surface area contributed by atoms with Crippen molar-refractivity contribution in [3.8, 4) is 0 Å². The maximum atomic E-state index is 11.7. The fourth-order valence-electron chi connectivity index (χ4n) is 2.11. The molecule has 0 bridgehead atoms. The molecular formula is C16H25N3O2. The third-order valence-corrected chi connectivity index (χ3v) is 3.22. The lowest BCUT2D eigenvalue weighted by molar-refractivity contribution is -0.127. The minimum absolute atomic E-state index is 0.145. The lowest BCUT2D eigenvalue weighted by Gasteiger charge is -2.23. The molecule has 5 nitrogen and oxygen atoms in total. The van der Waals surface area contributed by atoms with Crippen molar-refractivity contribution in [2.45, 2.75) is 33.2 Å². The van der Waals surface area contributed by atoms with Crippen molar-refractivity contribution < 1.29 is 9.59 Å². The lowest BCUT2D eigenvalue weighted by atomic mass is 10.2. The highest BCUT2D eigenvalue weighted by atomic mass is 16.2. The van der Waals surface area contributed by atoms with Crippen molar-refractivity contribution in [3.63, 3.8) is 0 Å². The van der Waals surface area contributed by atoms with Crippen molar-refractivity contribution in [1.29, 1.82) is 0 Å². The molecule has 0 aromatic heterocycles. The van der Waals surface area contributed by atoms with Crippen LogP contribution in [0.2, 0.25) is 0 Å². The summed E-state index contributed by atoms with van der Waals surface area (Å²) in [5.74, 6) is -0.341. The molecule has 0 aliphatic carbocycles. The van der Waals surface area contributed by atoms with Crippen molar-refractivity contribution in [1.82, 2.24) is 10.6 Å². The molecule has 0 aliphatic heterocycles. The van der Waals surface area contributed by atoms with Gasteiger partial charge in [-0.05, 0) is 32.4 Å². The summed E-state index contributed by atoms with van der Waals surface area (Å²) < 4.78 is 0. The quantitative estimate of drug-likeness (QED) is 0.714. The minimum Gasteiger partial charge on any atom is -0.372 e. The van der Waals surface area contributed by atoms with Crippen molar-refractivity contribution in [3.05, 3.63) is 30.3 Å². The Labute approximate surface area is 126 Å². The average molecular weight is 291 g/mol. The Morgan fingerprint density at radius 3 is 2.48 bits per heavy atom. The van der Waals surface area contributed by atoms with Crippen LogP contribution in [-0.4, -0.2) is 37.5 Å². The number of rotatable bonds is 8. The third-order valence-electron chi connectivity index (χ3n) is 3.22. The number of anilines is 1. The molecule has 116 valence electrons. The standard InChI is InChI=1S/C16H25N3O2/c1-4-19(15-9-6-5-7-10-15)12-8-11-17-16(21)13(2)18-14(3)20/h5-7,9-10,13H,4,8,11-12H2,1-3H3,(H,17,21)(H,18,20). The fourth-order valence-corrected chi connectivity index (χ4v) is 2.11. The van der Waals surface area contributed by atoms with Crippen LogP contribution in [0.4, 0.5) is 5.69 Å². The van der Waals surface area contributed by atoms with E-state index in [1.807, 2.05) is 18.2 Å². The zero-order chi connectivity index (χ0) is 15.7. The first-order valence-electron chi connectivity index (χ1n) is 7.39. The molecule has 0 aliphatic rings. The zero-order valence-electron chi connectivity index (χ0n) is 13.1. The van der Waals surface area contributed by atoms with Crippen LogP contribution in [-0.2, 0) is 9.59 Å². The van der Waals surface area contributed by atoms with Gasteiger partial charge in [-0.2, -0.15) is 0 Å². The summed E-state index contributed by atoms with van der Waals surface area (Å²) in [6.45, 7) is 7.62. The van der Waals surface area contributed by atoms with Gasteiger partial charge in [0.1, 0.15) is 6.04 Å². The van der Waals surface area contributed by atoms with E-state index in [0.29, 0.717) is 6.54 Å². The van der Waals surface area contributed by atoms with Gasteiger partial charge in [0.2, 0.25) is 11.8 Å². The predicted molar refractivity (Wildman–Crippen MR) is 85.2 cm³/mol. The molecule has 1 aromatic rings. The second-order valence-electron chi connectivity index (χ2n) is 4.98. The Morgan fingerprint density at radius 1 is 1.24 bits per heavy atom. The van der Waals surface area contributed by atoms with Gasteiger partial charge in [-0.1, -0.05) is 18.2 Å². The highest BCUT2D eigenvalue weighted by Crippen LogP contribution is 2.12. The number of hydrogen-bond acceptors (Lipinski definition) is 3. The largest absolute Gasteiger partial charge is 0.372 e. The summed E-state index contributed by atoms with van der Waals surface area (Å²) in [6, 6.07) is 9.73.